The van der Waals surface area contributed by atoms with Crippen molar-refractivity contribution in [2.24, 2.45) is 0 Å². The number of hydrogen-bond acceptors (Lipinski definition) is 5. The van der Waals surface area contributed by atoms with E-state index in [9.17, 15) is 9.18 Å². The molecule has 5 rings (SSSR count). The van der Waals surface area contributed by atoms with Crippen molar-refractivity contribution in [2.45, 2.75) is 44.7 Å². The summed E-state index contributed by atoms with van der Waals surface area (Å²) in [7, 11) is 0. The van der Waals surface area contributed by atoms with Crippen molar-refractivity contribution in [3.63, 3.8) is 0 Å². The molecule has 33 heavy (non-hydrogen) atoms. The molecule has 0 bridgehead atoms. The fraction of sp³-hybridized carbons (Fsp3) is 0.375. The van der Waals surface area contributed by atoms with Gasteiger partial charge in [-0.05, 0) is 42.7 Å². The second kappa shape index (κ2) is 9.68. The molecule has 1 atom stereocenters. The molecule has 0 saturated carbocycles. The smallest absolute Gasteiger partial charge is 0.319 e. The van der Waals surface area contributed by atoms with Gasteiger partial charge < -0.3 is 15.4 Å². The summed E-state index contributed by atoms with van der Waals surface area (Å²) in [6, 6.07) is 15.9. The number of carbonyl (C=O) groups is 1. The monoisotopic (exact) mass is 450 g/mol. The Morgan fingerprint density at radius 1 is 1.12 bits per heavy atom. The summed E-state index contributed by atoms with van der Waals surface area (Å²) in [6.45, 7) is 3.37. The summed E-state index contributed by atoms with van der Waals surface area (Å²) in [5, 5.41) is 14.6. The number of anilines is 1. The number of aromatic nitrogens is 3. The Labute approximate surface area is 191 Å². The maximum absolute atomic E-state index is 13.6. The second-order valence-corrected chi connectivity index (χ2v) is 8.53. The van der Waals surface area contributed by atoms with Gasteiger partial charge >= 0.3 is 6.03 Å². The van der Waals surface area contributed by atoms with Crippen LogP contribution < -0.4 is 10.6 Å². The fourth-order valence-corrected chi connectivity index (χ4v) is 4.42. The zero-order valence-corrected chi connectivity index (χ0v) is 18.3. The average molecular weight is 451 g/mol. The van der Waals surface area contributed by atoms with Gasteiger partial charge in [0.25, 0.3) is 0 Å². The third-order valence-corrected chi connectivity index (χ3v) is 6.23. The molecule has 0 aliphatic carbocycles. The second-order valence-electron chi connectivity index (χ2n) is 8.53. The van der Waals surface area contributed by atoms with Crippen LogP contribution in [0.3, 0.4) is 0 Å². The SMILES string of the molecule is O=C(Nc1ccccc1)NC1CCN(Cc2nnn3c2CO[C@H](c2cccc(F)c2)C3)CC1. The molecule has 2 aliphatic heterocycles. The molecule has 172 valence electrons. The zero-order valence-electron chi connectivity index (χ0n) is 18.3. The van der Waals surface area contributed by atoms with Crippen LogP contribution in [-0.4, -0.2) is 45.1 Å². The molecule has 3 heterocycles. The first-order chi connectivity index (χ1) is 16.1. The van der Waals surface area contributed by atoms with Crippen LogP contribution in [0.5, 0.6) is 0 Å². The number of nitrogens with one attached hydrogen (secondary N) is 2. The minimum Gasteiger partial charge on any atom is -0.365 e. The van der Waals surface area contributed by atoms with Gasteiger partial charge in [0.15, 0.2) is 0 Å². The Balaban J connectivity index is 1.11. The summed E-state index contributed by atoms with van der Waals surface area (Å²) >= 11 is 0. The first-order valence-corrected chi connectivity index (χ1v) is 11.3. The van der Waals surface area contributed by atoms with Crippen molar-refractivity contribution >= 4 is 11.7 Å². The highest BCUT2D eigenvalue weighted by atomic mass is 19.1. The number of urea groups is 1. The fourth-order valence-electron chi connectivity index (χ4n) is 4.42. The highest BCUT2D eigenvalue weighted by molar-refractivity contribution is 5.89. The maximum atomic E-state index is 13.6. The van der Waals surface area contributed by atoms with Crippen LogP contribution in [0.25, 0.3) is 0 Å². The number of fused-ring (bicyclic) bond motifs is 1. The minimum atomic E-state index is -0.267. The molecule has 1 saturated heterocycles. The molecule has 0 spiro atoms. The van der Waals surface area contributed by atoms with Gasteiger partial charge in [-0.2, -0.15) is 0 Å². The van der Waals surface area contributed by atoms with E-state index < -0.39 is 0 Å². The average Bonchev–Trinajstić information content (AvgIpc) is 3.23. The van der Waals surface area contributed by atoms with Gasteiger partial charge in [0.05, 0.1) is 18.8 Å². The van der Waals surface area contributed by atoms with E-state index in [2.05, 4.69) is 25.8 Å². The van der Waals surface area contributed by atoms with Crippen molar-refractivity contribution in [3.8, 4) is 0 Å². The van der Waals surface area contributed by atoms with E-state index in [-0.39, 0.29) is 24.0 Å². The molecular formula is C24H27FN6O2. The molecular weight excluding hydrogens is 423 g/mol. The third-order valence-electron chi connectivity index (χ3n) is 6.23. The molecule has 2 aliphatic rings. The van der Waals surface area contributed by atoms with E-state index in [1.807, 2.05) is 41.1 Å². The van der Waals surface area contributed by atoms with Gasteiger partial charge in [0.1, 0.15) is 17.6 Å². The lowest BCUT2D eigenvalue weighted by Crippen LogP contribution is -2.45. The molecule has 9 heteroatoms. The molecule has 2 aromatic carbocycles. The van der Waals surface area contributed by atoms with Gasteiger partial charge in [-0.1, -0.05) is 35.5 Å². The minimum absolute atomic E-state index is 0.148. The van der Waals surface area contributed by atoms with E-state index >= 15 is 0 Å². The molecule has 8 nitrogen and oxygen atoms in total. The van der Waals surface area contributed by atoms with Gasteiger partial charge in [-0.3, -0.25) is 4.90 Å². The predicted octanol–water partition coefficient (Wildman–Crippen LogP) is 3.47. The van der Waals surface area contributed by atoms with Crippen molar-refractivity contribution in [1.29, 1.82) is 0 Å². The Bertz CT molecular complexity index is 1100. The van der Waals surface area contributed by atoms with Crippen LogP contribution in [0.2, 0.25) is 0 Å². The number of nitrogens with zero attached hydrogens (tertiary/aromatic N) is 4. The van der Waals surface area contributed by atoms with Gasteiger partial charge in [0.2, 0.25) is 0 Å². The summed E-state index contributed by atoms with van der Waals surface area (Å²) in [6.07, 6.45) is 1.53. The number of hydrogen-bond donors (Lipinski definition) is 2. The summed E-state index contributed by atoms with van der Waals surface area (Å²) in [5.41, 5.74) is 3.49. The number of piperidine rings is 1. The van der Waals surface area contributed by atoms with Crippen molar-refractivity contribution in [2.75, 3.05) is 18.4 Å². The number of ether oxygens (including phenoxy) is 1. The van der Waals surface area contributed by atoms with Crippen molar-refractivity contribution < 1.29 is 13.9 Å². The Hall–Kier alpha value is -3.30. The van der Waals surface area contributed by atoms with E-state index in [0.717, 1.165) is 48.6 Å². The Kier molecular flexibility index (Phi) is 6.32. The largest absolute Gasteiger partial charge is 0.365 e. The van der Waals surface area contributed by atoms with E-state index in [1.54, 1.807) is 6.07 Å². The van der Waals surface area contributed by atoms with Crippen molar-refractivity contribution in [3.05, 3.63) is 77.4 Å². The predicted molar refractivity (Wildman–Crippen MR) is 121 cm³/mol. The molecule has 0 unspecified atom stereocenters. The van der Waals surface area contributed by atoms with Crippen LogP contribution in [0.15, 0.2) is 54.6 Å². The number of para-hydroxylation sites is 1. The van der Waals surface area contributed by atoms with Crippen molar-refractivity contribution in [1.82, 2.24) is 25.2 Å². The van der Waals surface area contributed by atoms with E-state index in [1.165, 1.54) is 12.1 Å². The topological polar surface area (TPSA) is 84.3 Å². The summed E-state index contributed by atoms with van der Waals surface area (Å²) < 4.78 is 21.4. The lowest BCUT2D eigenvalue weighted by Gasteiger charge is -2.32. The van der Waals surface area contributed by atoms with Crippen LogP contribution in [0.1, 0.15) is 35.9 Å². The quantitative estimate of drug-likeness (QED) is 0.622. The normalized spacial score (nSPS) is 19.1. The highest BCUT2D eigenvalue weighted by Gasteiger charge is 2.27. The highest BCUT2D eigenvalue weighted by Crippen LogP contribution is 2.28. The zero-order chi connectivity index (χ0) is 22.6. The molecule has 2 N–H and O–H groups in total. The van der Waals surface area contributed by atoms with Gasteiger partial charge in [-0.15, -0.1) is 5.10 Å². The summed E-state index contributed by atoms with van der Waals surface area (Å²) in [4.78, 5) is 14.6. The van der Waals surface area contributed by atoms with Crippen LogP contribution in [-0.2, 0) is 24.4 Å². The molecule has 1 fully saturated rings. The Morgan fingerprint density at radius 3 is 2.73 bits per heavy atom. The first-order valence-electron chi connectivity index (χ1n) is 11.3. The number of carbonyl (C=O) groups excluding carboxylic acids is 1. The Morgan fingerprint density at radius 2 is 1.94 bits per heavy atom. The van der Waals surface area contributed by atoms with E-state index in [4.69, 9.17) is 4.74 Å². The third kappa shape index (κ3) is 5.20. The maximum Gasteiger partial charge on any atom is 0.319 e. The standard InChI is InChI=1S/C24H27FN6O2/c25-18-6-4-5-17(13-18)23-15-31-22(16-33-23)21(28-29-31)14-30-11-9-20(10-12-30)27-24(32)26-19-7-2-1-3-8-19/h1-8,13,20,23H,9-12,14-16H2,(H2,26,27,32)/t23-/m0/s1. The lowest BCUT2D eigenvalue weighted by molar-refractivity contribution is -0.00232. The van der Waals surface area contributed by atoms with Gasteiger partial charge in [-0.25, -0.2) is 13.9 Å². The number of rotatable bonds is 5. The molecule has 0 radical (unpaired) electrons. The van der Waals surface area contributed by atoms with Crippen LogP contribution in [0.4, 0.5) is 14.9 Å². The van der Waals surface area contributed by atoms with Crippen LogP contribution >= 0.6 is 0 Å². The molecule has 1 aromatic heterocycles. The summed E-state index contributed by atoms with van der Waals surface area (Å²) in [5.74, 6) is -0.267. The van der Waals surface area contributed by atoms with Crippen LogP contribution in [0, 0.1) is 5.82 Å². The lowest BCUT2D eigenvalue weighted by atomic mass is 10.0. The number of amides is 2. The first kappa shape index (κ1) is 21.5. The number of halogens is 1. The van der Waals surface area contributed by atoms with Gasteiger partial charge in [0, 0.05) is 31.4 Å². The number of likely N-dealkylation sites (tertiary alicyclic amines) is 1. The molecule has 2 amide bonds. The molecule has 3 aromatic rings. The van der Waals surface area contributed by atoms with E-state index in [0.29, 0.717) is 19.7 Å². The number of benzene rings is 2.